The molecule has 0 spiro atoms. The number of nitrogens with zero attached hydrogens (tertiary/aromatic N) is 3. The summed E-state index contributed by atoms with van der Waals surface area (Å²) in [5, 5.41) is 0.687. The number of ether oxygens (including phenoxy) is 1. The second-order valence-corrected chi connectivity index (χ2v) is 7.42. The maximum absolute atomic E-state index is 12.4. The topological polar surface area (TPSA) is 63.9 Å². The van der Waals surface area contributed by atoms with Crippen LogP contribution in [0.1, 0.15) is 34.2 Å². The van der Waals surface area contributed by atoms with Crippen LogP contribution < -0.4 is 0 Å². The van der Waals surface area contributed by atoms with Gasteiger partial charge in [-0.05, 0) is 68.4 Å². The Kier molecular flexibility index (Phi) is 5.74. The minimum Gasteiger partial charge on any atom is -0.462 e. The Labute approximate surface area is 168 Å². The first-order valence-electron chi connectivity index (χ1n) is 8.98. The molecule has 7 heteroatoms. The molecule has 0 bridgehead atoms. The molecule has 3 rings (SSSR count). The number of hydrogen-bond donors (Lipinski definition) is 0. The normalized spacial score (nSPS) is 17.0. The zero-order valence-corrected chi connectivity index (χ0v) is 17.5. The number of carbonyl (C=O) groups excluding carboxylic acids is 2. The van der Waals surface area contributed by atoms with Crippen LogP contribution in [0.3, 0.4) is 0 Å². The molecule has 0 N–H and O–H groups in total. The van der Waals surface area contributed by atoms with Gasteiger partial charge in [0.1, 0.15) is 0 Å². The Morgan fingerprint density at radius 2 is 2.04 bits per heavy atom. The van der Waals surface area contributed by atoms with Gasteiger partial charge in [-0.1, -0.05) is 6.07 Å². The molecule has 1 saturated heterocycles. The summed E-state index contributed by atoms with van der Waals surface area (Å²) in [6.07, 6.45) is 1.90. The molecular weight excluding hydrogens is 374 g/mol. The molecule has 0 radical (unpaired) electrons. The lowest BCUT2D eigenvalue weighted by atomic mass is 10.2. The van der Waals surface area contributed by atoms with Crippen molar-refractivity contribution in [1.29, 1.82) is 0 Å². The monoisotopic (exact) mass is 397 g/mol. The van der Waals surface area contributed by atoms with E-state index in [4.69, 9.17) is 4.74 Å². The van der Waals surface area contributed by atoms with Gasteiger partial charge < -0.3 is 9.30 Å². The van der Waals surface area contributed by atoms with Crippen LogP contribution >= 0.6 is 11.8 Å². The van der Waals surface area contributed by atoms with E-state index >= 15 is 0 Å². The van der Waals surface area contributed by atoms with Crippen molar-refractivity contribution in [3.8, 4) is 5.69 Å². The first kappa shape index (κ1) is 19.9. The number of likely N-dealkylation sites (N-methyl/N-ethyl adjacent to an activating group) is 1. The molecule has 1 aromatic carbocycles. The molecule has 146 valence electrons. The lowest BCUT2D eigenvalue weighted by Gasteiger charge is -2.11. The number of aromatic nitrogens is 1. The summed E-state index contributed by atoms with van der Waals surface area (Å²) >= 11 is 1.37. The summed E-state index contributed by atoms with van der Waals surface area (Å²) < 4.78 is 7.17. The Morgan fingerprint density at radius 3 is 2.68 bits per heavy atom. The third-order valence-corrected chi connectivity index (χ3v) is 5.72. The summed E-state index contributed by atoms with van der Waals surface area (Å²) in [5.74, 6) is -0.392. The van der Waals surface area contributed by atoms with Crippen molar-refractivity contribution in [2.75, 3.05) is 20.7 Å². The van der Waals surface area contributed by atoms with Crippen LogP contribution in [-0.4, -0.2) is 47.2 Å². The third kappa shape index (κ3) is 3.62. The molecule has 1 aliphatic rings. The van der Waals surface area contributed by atoms with Gasteiger partial charge >= 0.3 is 5.97 Å². The molecule has 0 aliphatic carbocycles. The van der Waals surface area contributed by atoms with Gasteiger partial charge in [0.15, 0.2) is 5.17 Å². The maximum atomic E-state index is 12.4. The Bertz CT molecular complexity index is 1000. The average Bonchev–Trinajstić information content (AvgIpc) is 3.11. The van der Waals surface area contributed by atoms with Crippen LogP contribution in [0, 0.1) is 13.8 Å². The molecule has 0 atom stereocenters. The fourth-order valence-electron chi connectivity index (χ4n) is 3.21. The number of hydrogen-bond acceptors (Lipinski definition) is 5. The van der Waals surface area contributed by atoms with Gasteiger partial charge in [-0.3, -0.25) is 14.7 Å². The van der Waals surface area contributed by atoms with Gasteiger partial charge in [0.05, 0.1) is 17.1 Å². The second-order valence-electron chi connectivity index (χ2n) is 6.41. The van der Waals surface area contributed by atoms with Crippen molar-refractivity contribution >= 4 is 34.9 Å². The summed E-state index contributed by atoms with van der Waals surface area (Å²) in [7, 11) is 3.40. The van der Waals surface area contributed by atoms with Gasteiger partial charge in [-0.15, -0.1) is 0 Å². The lowest BCUT2D eigenvalue weighted by molar-refractivity contribution is -0.121. The van der Waals surface area contributed by atoms with E-state index in [1.165, 1.54) is 11.8 Å². The number of esters is 1. The largest absolute Gasteiger partial charge is 0.462 e. The molecule has 2 heterocycles. The molecular formula is C21H23N3O3S. The molecule has 0 saturated carbocycles. The van der Waals surface area contributed by atoms with Crippen LogP contribution in [-0.2, 0) is 9.53 Å². The van der Waals surface area contributed by atoms with Gasteiger partial charge in [0.25, 0.3) is 5.91 Å². The highest BCUT2D eigenvalue weighted by Gasteiger charge is 2.30. The van der Waals surface area contributed by atoms with Crippen LogP contribution in [0.2, 0.25) is 0 Å². The van der Waals surface area contributed by atoms with E-state index in [1.54, 1.807) is 32.0 Å². The first-order chi connectivity index (χ1) is 13.4. The van der Waals surface area contributed by atoms with Crippen molar-refractivity contribution in [3.05, 3.63) is 57.8 Å². The van der Waals surface area contributed by atoms with Crippen molar-refractivity contribution in [2.24, 2.45) is 4.99 Å². The molecule has 1 aromatic heterocycles. The van der Waals surface area contributed by atoms with Crippen molar-refractivity contribution in [3.63, 3.8) is 0 Å². The van der Waals surface area contributed by atoms with Crippen molar-refractivity contribution < 1.29 is 14.3 Å². The SMILES string of the molecule is CCOC(=O)c1cccc(-n2c(C)cc(/C=C3/SC(=NC)N(C)C3=O)c2C)c1. The minimum absolute atomic E-state index is 0.0558. The van der Waals surface area contributed by atoms with Gasteiger partial charge in [0.2, 0.25) is 0 Å². The highest BCUT2D eigenvalue weighted by Crippen LogP contribution is 2.33. The van der Waals surface area contributed by atoms with Crippen LogP contribution in [0.4, 0.5) is 0 Å². The number of benzene rings is 1. The fraction of sp³-hybridized carbons (Fsp3) is 0.286. The Morgan fingerprint density at radius 1 is 1.29 bits per heavy atom. The van der Waals surface area contributed by atoms with E-state index in [-0.39, 0.29) is 11.9 Å². The molecule has 6 nitrogen and oxygen atoms in total. The summed E-state index contributed by atoms with van der Waals surface area (Å²) in [5.41, 5.74) is 4.35. The lowest BCUT2D eigenvalue weighted by Crippen LogP contribution is -2.23. The third-order valence-electron chi connectivity index (χ3n) is 4.57. The van der Waals surface area contributed by atoms with Crippen LogP contribution in [0.25, 0.3) is 11.8 Å². The van der Waals surface area contributed by atoms with Crippen LogP contribution in [0.5, 0.6) is 0 Å². The number of amidine groups is 1. The Hall–Kier alpha value is -2.80. The number of aliphatic imine (C=N–C) groups is 1. The van der Waals surface area contributed by atoms with Crippen LogP contribution in [0.15, 0.2) is 40.2 Å². The van der Waals surface area contributed by atoms with Crippen molar-refractivity contribution in [1.82, 2.24) is 9.47 Å². The summed E-state index contributed by atoms with van der Waals surface area (Å²) in [6.45, 7) is 6.13. The highest BCUT2D eigenvalue weighted by atomic mass is 32.2. The number of thioether (sulfide) groups is 1. The first-order valence-corrected chi connectivity index (χ1v) is 9.80. The van der Waals surface area contributed by atoms with Gasteiger partial charge in [0, 0.05) is 31.2 Å². The van der Waals surface area contributed by atoms with Crippen molar-refractivity contribution in [2.45, 2.75) is 20.8 Å². The van der Waals surface area contributed by atoms with Gasteiger partial charge in [-0.2, -0.15) is 0 Å². The van der Waals surface area contributed by atoms with E-state index in [9.17, 15) is 9.59 Å². The van der Waals surface area contributed by atoms with E-state index in [1.807, 2.05) is 44.2 Å². The van der Waals surface area contributed by atoms with E-state index in [0.29, 0.717) is 22.2 Å². The number of aryl methyl sites for hydroxylation is 1. The maximum Gasteiger partial charge on any atom is 0.338 e. The van der Waals surface area contributed by atoms with E-state index in [2.05, 4.69) is 9.56 Å². The zero-order valence-electron chi connectivity index (χ0n) is 16.6. The fourth-order valence-corrected chi connectivity index (χ4v) is 4.13. The molecule has 1 amide bonds. The molecule has 1 fully saturated rings. The average molecular weight is 398 g/mol. The summed E-state index contributed by atoms with van der Waals surface area (Å²) in [6, 6.07) is 9.39. The summed E-state index contributed by atoms with van der Waals surface area (Å²) in [4.78, 5) is 30.8. The highest BCUT2D eigenvalue weighted by molar-refractivity contribution is 8.18. The Balaban J connectivity index is 2.00. The smallest absolute Gasteiger partial charge is 0.338 e. The molecule has 1 aliphatic heterocycles. The van der Waals surface area contributed by atoms with E-state index in [0.717, 1.165) is 22.6 Å². The van der Waals surface area contributed by atoms with Gasteiger partial charge in [-0.25, -0.2) is 4.79 Å². The second kappa shape index (κ2) is 8.06. The molecule has 28 heavy (non-hydrogen) atoms. The standard InChI is InChI=1S/C21H23N3O3S/c1-6-27-20(26)15-8-7-9-17(11-15)24-13(2)10-16(14(24)3)12-18-19(25)23(5)21(22-4)28-18/h7-12H,6H2,1-5H3/b18-12+,22-21?. The molecule has 0 unspecified atom stereocenters. The zero-order chi connectivity index (χ0) is 20.4. The number of amides is 1. The predicted molar refractivity (Wildman–Crippen MR) is 113 cm³/mol. The predicted octanol–water partition coefficient (Wildman–Crippen LogP) is 3.80. The number of rotatable bonds is 4. The quantitative estimate of drug-likeness (QED) is 0.581. The van der Waals surface area contributed by atoms with E-state index < -0.39 is 0 Å². The number of carbonyl (C=O) groups is 2. The minimum atomic E-state index is -0.337. The molecule has 2 aromatic rings.